The number of hydrogen-bond acceptors (Lipinski definition) is 4. The average molecular weight is 448 g/mol. The normalized spacial score (nSPS) is 10.9. The maximum Gasteiger partial charge on any atom is 0.296 e. The number of unbranched alkanes of at least 4 members (excludes halogenated alkanes) is 9. The fraction of sp³-hybridized carbons (Fsp3) is 0.538. The minimum atomic E-state index is -3.57. The Morgan fingerprint density at radius 3 is 1.58 bits per heavy atom. The van der Waals surface area contributed by atoms with Gasteiger partial charge >= 0.3 is 0 Å². The highest BCUT2D eigenvalue weighted by Crippen LogP contribution is 2.14. The van der Waals surface area contributed by atoms with Gasteiger partial charge in [-0.25, -0.2) is 0 Å². The Bertz CT molecular complexity index is 762. The van der Waals surface area contributed by atoms with E-state index in [4.69, 9.17) is 4.18 Å². The molecule has 2 rings (SSSR count). The lowest BCUT2D eigenvalue weighted by Gasteiger charge is -2.10. The van der Waals surface area contributed by atoms with Crippen molar-refractivity contribution in [3.8, 4) is 0 Å². The highest BCUT2D eigenvalue weighted by Gasteiger charge is 2.13. The van der Waals surface area contributed by atoms with Crippen LogP contribution in [0.3, 0.4) is 0 Å². The molecule has 5 heteroatoms. The molecule has 31 heavy (non-hydrogen) atoms. The first-order valence-corrected chi connectivity index (χ1v) is 13.0. The van der Waals surface area contributed by atoms with Crippen LogP contribution >= 0.6 is 0 Å². The minimum Gasteiger partial charge on any atom is -0.378 e. The molecule has 4 nitrogen and oxygen atoms in total. The molecular weight excluding hydrogens is 406 g/mol. The van der Waals surface area contributed by atoms with Gasteiger partial charge in [-0.3, -0.25) is 4.18 Å². The second-order valence-electron chi connectivity index (χ2n) is 8.00. The lowest BCUT2D eigenvalue weighted by molar-refractivity contribution is 0.306. The number of rotatable bonds is 14. The zero-order valence-electron chi connectivity index (χ0n) is 19.6. The van der Waals surface area contributed by atoms with E-state index in [-0.39, 0.29) is 11.5 Å². The first-order chi connectivity index (χ1) is 15.0. The third-order valence-electron chi connectivity index (χ3n) is 5.04. The summed E-state index contributed by atoms with van der Waals surface area (Å²) in [5.74, 6) is 0. The van der Waals surface area contributed by atoms with Crippen molar-refractivity contribution in [1.82, 2.24) is 0 Å². The van der Waals surface area contributed by atoms with Crippen LogP contribution in [0.1, 0.15) is 71.1 Å². The second-order valence-corrected chi connectivity index (χ2v) is 9.62. The maximum atomic E-state index is 11.9. The van der Waals surface area contributed by atoms with Crippen molar-refractivity contribution in [2.45, 2.75) is 76.0 Å². The van der Waals surface area contributed by atoms with Crippen LogP contribution in [-0.4, -0.2) is 29.1 Å². The SMILES string of the molecule is CCCCCCCCCCCCOS(=O)(=O)c1ccccc1.CN(C)c1ccccc1. The third kappa shape index (κ3) is 13.2. The van der Waals surface area contributed by atoms with Crippen LogP contribution in [0.4, 0.5) is 5.69 Å². The zero-order valence-corrected chi connectivity index (χ0v) is 20.4. The Labute approximate surface area is 190 Å². The fourth-order valence-corrected chi connectivity index (χ4v) is 4.10. The summed E-state index contributed by atoms with van der Waals surface area (Å²) in [6.07, 6.45) is 12.3. The van der Waals surface area contributed by atoms with Gasteiger partial charge in [0, 0.05) is 19.8 Å². The van der Waals surface area contributed by atoms with E-state index in [2.05, 4.69) is 24.0 Å². The van der Waals surface area contributed by atoms with Crippen LogP contribution < -0.4 is 4.90 Å². The van der Waals surface area contributed by atoms with Gasteiger partial charge in [0.25, 0.3) is 10.1 Å². The number of para-hydroxylation sites is 1. The van der Waals surface area contributed by atoms with Crippen molar-refractivity contribution in [3.05, 3.63) is 60.7 Å². The fourth-order valence-electron chi connectivity index (χ4n) is 3.14. The number of anilines is 1. The zero-order chi connectivity index (χ0) is 22.8. The third-order valence-corrected chi connectivity index (χ3v) is 6.37. The van der Waals surface area contributed by atoms with E-state index in [1.165, 1.54) is 57.1 Å². The van der Waals surface area contributed by atoms with Crippen molar-refractivity contribution in [2.24, 2.45) is 0 Å². The molecule has 2 aromatic rings. The molecule has 0 aliphatic rings. The van der Waals surface area contributed by atoms with Gasteiger partial charge in [-0.2, -0.15) is 8.42 Å². The van der Waals surface area contributed by atoms with E-state index in [0.29, 0.717) is 0 Å². The van der Waals surface area contributed by atoms with Gasteiger partial charge in [0.15, 0.2) is 0 Å². The molecule has 0 saturated heterocycles. The van der Waals surface area contributed by atoms with Crippen molar-refractivity contribution in [1.29, 1.82) is 0 Å². The van der Waals surface area contributed by atoms with Crippen LogP contribution in [0.15, 0.2) is 65.6 Å². The standard InChI is InChI=1S/C18H30O3S.C8H11N/c1-2-3-4-5-6-7-8-9-10-14-17-21-22(19,20)18-15-12-11-13-16-18;1-9(2)8-6-4-3-5-7-8/h11-13,15-16H,2-10,14,17H2,1H3;3-7H,1-2H3. The average Bonchev–Trinajstić information content (AvgIpc) is 2.79. The van der Waals surface area contributed by atoms with Gasteiger partial charge in [0.05, 0.1) is 11.5 Å². The van der Waals surface area contributed by atoms with Crippen molar-refractivity contribution in [2.75, 3.05) is 25.6 Å². The largest absolute Gasteiger partial charge is 0.378 e. The predicted octanol–water partition coefficient (Wildman–Crippen LogP) is 7.07. The molecule has 0 unspecified atom stereocenters. The van der Waals surface area contributed by atoms with Crippen molar-refractivity contribution >= 4 is 15.8 Å². The molecule has 174 valence electrons. The Kier molecular flexibility index (Phi) is 14.7. The molecular formula is C26H41NO3S. The van der Waals surface area contributed by atoms with Crippen LogP contribution in [0.5, 0.6) is 0 Å². The van der Waals surface area contributed by atoms with Crippen LogP contribution in [0, 0.1) is 0 Å². The van der Waals surface area contributed by atoms with Crippen molar-refractivity contribution in [3.63, 3.8) is 0 Å². The van der Waals surface area contributed by atoms with Crippen LogP contribution in [0.2, 0.25) is 0 Å². The first-order valence-electron chi connectivity index (χ1n) is 11.6. The topological polar surface area (TPSA) is 46.6 Å². The molecule has 0 bridgehead atoms. The molecule has 0 aliphatic carbocycles. The summed E-state index contributed by atoms with van der Waals surface area (Å²) in [5, 5.41) is 0. The Balaban J connectivity index is 0.000000442. The van der Waals surface area contributed by atoms with Gasteiger partial charge in [-0.05, 0) is 30.7 Å². The molecule has 0 fully saturated rings. The molecule has 0 radical (unpaired) electrons. The highest BCUT2D eigenvalue weighted by atomic mass is 32.2. The first kappa shape index (κ1) is 27.2. The quantitative estimate of drug-likeness (QED) is 0.230. The summed E-state index contributed by atoms with van der Waals surface area (Å²) in [6, 6.07) is 18.6. The molecule has 0 aromatic heterocycles. The van der Waals surface area contributed by atoms with E-state index < -0.39 is 10.1 Å². The van der Waals surface area contributed by atoms with Gasteiger partial charge < -0.3 is 4.90 Å². The molecule has 0 aliphatic heterocycles. The molecule has 0 N–H and O–H groups in total. The Morgan fingerprint density at radius 1 is 0.677 bits per heavy atom. The van der Waals surface area contributed by atoms with E-state index >= 15 is 0 Å². The van der Waals surface area contributed by atoms with E-state index in [1.54, 1.807) is 30.3 Å². The summed E-state index contributed by atoms with van der Waals surface area (Å²) in [5.41, 5.74) is 1.25. The summed E-state index contributed by atoms with van der Waals surface area (Å²) in [4.78, 5) is 2.32. The molecule has 0 atom stereocenters. The summed E-state index contributed by atoms with van der Waals surface area (Å²) >= 11 is 0. The van der Waals surface area contributed by atoms with Gasteiger partial charge in [-0.15, -0.1) is 0 Å². The molecule has 0 saturated carbocycles. The maximum absolute atomic E-state index is 11.9. The number of benzene rings is 2. The lowest BCUT2D eigenvalue weighted by atomic mass is 10.1. The van der Waals surface area contributed by atoms with Gasteiger partial charge in [-0.1, -0.05) is 101 Å². The smallest absolute Gasteiger partial charge is 0.296 e. The van der Waals surface area contributed by atoms with E-state index in [0.717, 1.165) is 12.8 Å². The molecule has 0 spiro atoms. The Hall–Kier alpha value is -1.85. The van der Waals surface area contributed by atoms with E-state index in [9.17, 15) is 8.42 Å². The lowest BCUT2D eigenvalue weighted by Crippen LogP contribution is -2.07. The molecule has 2 aromatic carbocycles. The highest BCUT2D eigenvalue weighted by molar-refractivity contribution is 7.86. The summed E-state index contributed by atoms with van der Waals surface area (Å²) in [7, 11) is 0.504. The summed E-state index contributed by atoms with van der Waals surface area (Å²) in [6.45, 7) is 2.52. The number of nitrogens with zero attached hydrogens (tertiary/aromatic N) is 1. The van der Waals surface area contributed by atoms with Gasteiger partial charge in [0.2, 0.25) is 0 Å². The van der Waals surface area contributed by atoms with Crippen LogP contribution in [-0.2, 0) is 14.3 Å². The molecule has 0 amide bonds. The Morgan fingerprint density at radius 2 is 1.13 bits per heavy atom. The number of hydrogen-bond donors (Lipinski definition) is 0. The van der Waals surface area contributed by atoms with Crippen molar-refractivity contribution < 1.29 is 12.6 Å². The van der Waals surface area contributed by atoms with E-state index in [1.807, 2.05) is 32.3 Å². The monoisotopic (exact) mass is 447 g/mol. The van der Waals surface area contributed by atoms with Crippen LogP contribution in [0.25, 0.3) is 0 Å². The van der Waals surface area contributed by atoms with Gasteiger partial charge in [0.1, 0.15) is 0 Å². The molecule has 0 heterocycles. The minimum absolute atomic E-state index is 0.238. The summed E-state index contributed by atoms with van der Waals surface area (Å²) < 4.78 is 28.8. The second kappa shape index (κ2) is 16.8. The predicted molar refractivity (Wildman–Crippen MR) is 132 cm³/mol.